The van der Waals surface area contributed by atoms with Crippen LogP contribution >= 0.6 is 11.6 Å². The van der Waals surface area contributed by atoms with E-state index in [2.05, 4.69) is 10.2 Å². The van der Waals surface area contributed by atoms with Crippen molar-refractivity contribution in [1.29, 1.82) is 0 Å². The molecule has 1 amide bonds. The molecule has 0 saturated carbocycles. The fourth-order valence-electron chi connectivity index (χ4n) is 4.68. The van der Waals surface area contributed by atoms with Crippen LogP contribution in [-0.4, -0.2) is 40.3 Å². The molecule has 1 aliphatic rings. The van der Waals surface area contributed by atoms with Crippen molar-refractivity contribution in [3.05, 3.63) is 93.1 Å². The van der Waals surface area contributed by atoms with E-state index in [0.717, 1.165) is 22.3 Å². The number of aromatic amines is 1. The molecule has 8 heteroatoms. The van der Waals surface area contributed by atoms with E-state index >= 15 is 0 Å². The Labute approximate surface area is 214 Å². The van der Waals surface area contributed by atoms with Gasteiger partial charge < -0.3 is 19.5 Å². The van der Waals surface area contributed by atoms with Crippen molar-refractivity contribution in [3.8, 4) is 28.5 Å². The lowest BCUT2D eigenvalue weighted by Crippen LogP contribution is -2.29. The summed E-state index contributed by atoms with van der Waals surface area (Å²) >= 11 is 6.40. The first-order valence-corrected chi connectivity index (χ1v) is 11.9. The molecule has 184 valence electrons. The molecule has 0 radical (unpaired) electrons. The first kappa shape index (κ1) is 23.8. The second kappa shape index (κ2) is 9.24. The lowest BCUT2D eigenvalue weighted by Gasteiger charge is -2.27. The number of benzene rings is 3. The predicted molar refractivity (Wildman–Crippen MR) is 138 cm³/mol. The molecule has 0 bridgehead atoms. The van der Waals surface area contributed by atoms with Gasteiger partial charge >= 0.3 is 0 Å². The number of carbonyl (C=O) groups excluding carboxylic acids is 1. The SMILES string of the molecule is COc1ccc(C2c3c(-c4cc(Cl)c(C)cc4O)n[nH]c3C(=O)N2Cc2ccc(C)cc2)cc1OC. The Morgan fingerprint density at radius 2 is 1.75 bits per heavy atom. The molecule has 1 aromatic heterocycles. The van der Waals surface area contributed by atoms with Crippen molar-refractivity contribution in [2.75, 3.05) is 14.2 Å². The molecule has 0 aliphatic carbocycles. The van der Waals surface area contributed by atoms with Crippen LogP contribution in [0.1, 0.15) is 44.3 Å². The lowest BCUT2D eigenvalue weighted by atomic mass is 9.94. The molecule has 7 nitrogen and oxygen atoms in total. The summed E-state index contributed by atoms with van der Waals surface area (Å²) in [6.07, 6.45) is 0. The molecule has 1 unspecified atom stereocenters. The summed E-state index contributed by atoms with van der Waals surface area (Å²) in [6.45, 7) is 4.24. The second-order valence-electron chi connectivity index (χ2n) is 8.92. The minimum absolute atomic E-state index is 0.0432. The van der Waals surface area contributed by atoms with Crippen molar-refractivity contribution >= 4 is 17.5 Å². The van der Waals surface area contributed by atoms with Gasteiger partial charge in [-0.2, -0.15) is 5.10 Å². The van der Waals surface area contributed by atoms with Gasteiger partial charge in [-0.3, -0.25) is 9.89 Å². The highest BCUT2D eigenvalue weighted by Gasteiger charge is 2.43. The number of aromatic nitrogens is 2. The van der Waals surface area contributed by atoms with Crippen LogP contribution in [0.15, 0.2) is 54.6 Å². The van der Waals surface area contributed by atoms with E-state index in [1.165, 1.54) is 0 Å². The van der Waals surface area contributed by atoms with Gasteiger partial charge in [0.2, 0.25) is 0 Å². The van der Waals surface area contributed by atoms with Crippen molar-refractivity contribution < 1.29 is 19.4 Å². The third kappa shape index (κ3) is 3.95. The van der Waals surface area contributed by atoms with Gasteiger partial charge in [-0.15, -0.1) is 0 Å². The van der Waals surface area contributed by atoms with Gasteiger partial charge in [0, 0.05) is 22.7 Å². The van der Waals surface area contributed by atoms with Crippen LogP contribution in [0.5, 0.6) is 17.2 Å². The molecular formula is C28H26ClN3O4. The molecular weight excluding hydrogens is 478 g/mol. The number of amides is 1. The highest BCUT2D eigenvalue weighted by Crippen LogP contribution is 2.47. The summed E-state index contributed by atoms with van der Waals surface area (Å²) in [5, 5.41) is 18.6. The predicted octanol–water partition coefficient (Wildman–Crippen LogP) is 5.82. The Hall–Kier alpha value is -3.97. The van der Waals surface area contributed by atoms with E-state index in [-0.39, 0.29) is 11.7 Å². The minimum Gasteiger partial charge on any atom is -0.507 e. The van der Waals surface area contributed by atoms with Gasteiger partial charge in [0.1, 0.15) is 17.1 Å². The number of ether oxygens (including phenoxy) is 2. The first-order chi connectivity index (χ1) is 17.3. The number of aryl methyl sites for hydroxylation is 2. The fraction of sp³-hybridized carbons (Fsp3) is 0.214. The second-order valence-corrected chi connectivity index (χ2v) is 9.32. The molecule has 2 N–H and O–H groups in total. The molecule has 1 aliphatic heterocycles. The zero-order valence-electron chi connectivity index (χ0n) is 20.4. The van der Waals surface area contributed by atoms with E-state index in [1.807, 2.05) is 56.3 Å². The first-order valence-electron chi connectivity index (χ1n) is 11.5. The number of hydrogen-bond donors (Lipinski definition) is 2. The number of halogens is 1. The number of aromatic hydroxyl groups is 1. The molecule has 1 atom stereocenters. The summed E-state index contributed by atoms with van der Waals surface area (Å²) in [6, 6.07) is 16.5. The third-order valence-electron chi connectivity index (χ3n) is 6.59. The Morgan fingerprint density at radius 3 is 2.44 bits per heavy atom. The molecule has 0 fully saturated rings. The maximum absolute atomic E-state index is 13.7. The number of methoxy groups -OCH3 is 2. The lowest BCUT2D eigenvalue weighted by molar-refractivity contribution is 0.0730. The number of rotatable bonds is 6. The highest BCUT2D eigenvalue weighted by molar-refractivity contribution is 6.31. The normalized spacial score (nSPS) is 14.8. The number of phenols is 1. The Bertz CT molecular complexity index is 1460. The maximum atomic E-state index is 13.7. The van der Waals surface area contributed by atoms with E-state index in [4.69, 9.17) is 21.1 Å². The zero-order valence-corrected chi connectivity index (χ0v) is 21.2. The molecule has 2 heterocycles. The van der Waals surface area contributed by atoms with Crippen molar-refractivity contribution in [1.82, 2.24) is 15.1 Å². The van der Waals surface area contributed by atoms with Crippen molar-refractivity contribution in [3.63, 3.8) is 0 Å². The molecule has 0 saturated heterocycles. The number of carbonyl (C=O) groups is 1. The van der Waals surface area contributed by atoms with Gasteiger partial charge in [0.25, 0.3) is 5.91 Å². The van der Waals surface area contributed by atoms with Crippen LogP contribution in [0.4, 0.5) is 0 Å². The zero-order chi connectivity index (χ0) is 25.6. The van der Waals surface area contributed by atoms with Gasteiger partial charge in [-0.05, 0) is 54.8 Å². The van der Waals surface area contributed by atoms with E-state index in [9.17, 15) is 9.90 Å². The Balaban J connectivity index is 1.69. The Kier molecular flexibility index (Phi) is 6.10. The number of hydrogen-bond acceptors (Lipinski definition) is 5. The summed E-state index contributed by atoms with van der Waals surface area (Å²) in [4.78, 5) is 15.5. The molecule has 5 rings (SSSR count). The van der Waals surface area contributed by atoms with Crippen LogP contribution in [-0.2, 0) is 6.54 Å². The summed E-state index contributed by atoms with van der Waals surface area (Å²) < 4.78 is 11.0. The number of fused-ring (bicyclic) bond motifs is 1. The monoisotopic (exact) mass is 503 g/mol. The van der Waals surface area contributed by atoms with Gasteiger partial charge in [-0.1, -0.05) is 47.5 Å². The minimum atomic E-state index is -0.484. The van der Waals surface area contributed by atoms with Crippen LogP contribution in [0, 0.1) is 13.8 Å². The average Bonchev–Trinajstić information content (AvgIpc) is 3.41. The van der Waals surface area contributed by atoms with E-state index in [1.54, 1.807) is 31.3 Å². The van der Waals surface area contributed by atoms with Crippen molar-refractivity contribution in [2.45, 2.75) is 26.4 Å². The summed E-state index contributed by atoms with van der Waals surface area (Å²) in [5.74, 6) is 1.01. The Morgan fingerprint density at radius 1 is 1.03 bits per heavy atom. The standard InChI is InChI=1S/C28H26ClN3O4/c1-15-5-7-17(8-6-15)14-32-27(18-9-10-22(35-3)23(12-18)36-4)24-25(30-31-26(24)28(32)34)19-13-20(29)16(2)11-21(19)33/h5-13,27,33H,14H2,1-4H3,(H,30,31). The summed E-state index contributed by atoms with van der Waals surface area (Å²) in [5.41, 5.74) is 5.71. The molecule has 4 aromatic rings. The number of nitrogens with one attached hydrogen (secondary N) is 1. The smallest absolute Gasteiger partial charge is 0.273 e. The quantitative estimate of drug-likeness (QED) is 0.346. The van der Waals surface area contributed by atoms with Crippen LogP contribution in [0.25, 0.3) is 11.3 Å². The average molecular weight is 504 g/mol. The van der Waals surface area contributed by atoms with Crippen molar-refractivity contribution in [2.24, 2.45) is 0 Å². The molecule has 36 heavy (non-hydrogen) atoms. The van der Waals surface area contributed by atoms with Crippen LogP contribution in [0.3, 0.4) is 0 Å². The largest absolute Gasteiger partial charge is 0.507 e. The van der Waals surface area contributed by atoms with E-state index in [0.29, 0.717) is 45.6 Å². The van der Waals surface area contributed by atoms with E-state index < -0.39 is 6.04 Å². The molecule has 3 aromatic carbocycles. The fourth-order valence-corrected chi connectivity index (χ4v) is 4.84. The van der Waals surface area contributed by atoms with Crippen LogP contribution < -0.4 is 9.47 Å². The summed E-state index contributed by atoms with van der Waals surface area (Å²) in [7, 11) is 3.16. The van der Waals surface area contributed by atoms with Gasteiger partial charge in [0.05, 0.1) is 20.3 Å². The number of phenolic OH excluding ortho intramolecular Hbond substituents is 1. The topological polar surface area (TPSA) is 87.7 Å². The number of H-pyrrole nitrogens is 1. The van der Waals surface area contributed by atoms with Gasteiger partial charge in [-0.25, -0.2) is 0 Å². The number of nitrogens with zero attached hydrogens (tertiary/aromatic N) is 2. The molecule has 0 spiro atoms. The van der Waals surface area contributed by atoms with Crippen LogP contribution in [0.2, 0.25) is 5.02 Å². The third-order valence-corrected chi connectivity index (χ3v) is 7.00. The maximum Gasteiger partial charge on any atom is 0.273 e. The highest BCUT2D eigenvalue weighted by atomic mass is 35.5. The van der Waals surface area contributed by atoms with Gasteiger partial charge in [0.15, 0.2) is 11.5 Å².